The molecular formula is C17H20F2N2O2. The zero-order valence-electron chi connectivity index (χ0n) is 13.1. The summed E-state index contributed by atoms with van der Waals surface area (Å²) >= 11 is 0. The van der Waals surface area contributed by atoms with E-state index >= 15 is 0 Å². The molecule has 1 aromatic carbocycles. The van der Waals surface area contributed by atoms with Crippen molar-refractivity contribution < 1.29 is 18.4 Å². The molecule has 1 saturated carbocycles. The van der Waals surface area contributed by atoms with Gasteiger partial charge in [0.2, 0.25) is 11.8 Å². The van der Waals surface area contributed by atoms with Crippen LogP contribution in [0.1, 0.15) is 31.7 Å². The fraction of sp³-hybridized carbons (Fsp3) is 0.529. The number of likely N-dealkylation sites (tertiary alicyclic amines) is 1. The molecule has 1 saturated heterocycles. The Kier molecular flexibility index (Phi) is 4.08. The van der Waals surface area contributed by atoms with Crippen molar-refractivity contribution in [2.45, 2.75) is 38.1 Å². The van der Waals surface area contributed by atoms with Crippen LogP contribution < -0.4 is 5.32 Å². The molecule has 1 heterocycles. The number of nitrogens with zero attached hydrogens (tertiary/aromatic N) is 1. The Morgan fingerprint density at radius 2 is 2.09 bits per heavy atom. The fourth-order valence-electron chi connectivity index (χ4n) is 2.88. The van der Waals surface area contributed by atoms with Gasteiger partial charge in [0, 0.05) is 18.7 Å². The number of rotatable bonds is 5. The molecule has 2 amide bonds. The highest BCUT2D eigenvalue weighted by Gasteiger charge is 2.49. The number of carbonyl (C=O) groups is 2. The normalized spacial score (nSPS) is 23.3. The van der Waals surface area contributed by atoms with E-state index in [-0.39, 0.29) is 23.8 Å². The van der Waals surface area contributed by atoms with E-state index in [2.05, 4.69) is 5.32 Å². The molecule has 3 rings (SSSR count). The molecule has 0 bridgehead atoms. The molecule has 1 aliphatic carbocycles. The Morgan fingerprint density at radius 1 is 1.35 bits per heavy atom. The Balaban J connectivity index is 1.64. The summed E-state index contributed by atoms with van der Waals surface area (Å²) in [6.45, 7) is 2.83. The number of hydrogen-bond donors (Lipinski definition) is 1. The molecule has 1 aliphatic heterocycles. The van der Waals surface area contributed by atoms with Crippen molar-refractivity contribution >= 4 is 11.8 Å². The van der Waals surface area contributed by atoms with E-state index in [0.717, 1.165) is 31.0 Å². The first kappa shape index (κ1) is 15.9. The summed E-state index contributed by atoms with van der Waals surface area (Å²) in [5, 5.41) is 2.89. The van der Waals surface area contributed by atoms with Crippen molar-refractivity contribution in [2.75, 3.05) is 13.1 Å². The van der Waals surface area contributed by atoms with Crippen molar-refractivity contribution in [1.29, 1.82) is 0 Å². The van der Waals surface area contributed by atoms with Gasteiger partial charge < -0.3 is 10.2 Å². The summed E-state index contributed by atoms with van der Waals surface area (Å²) in [7, 11) is 0. The van der Waals surface area contributed by atoms with E-state index in [1.54, 1.807) is 6.92 Å². The van der Waals surface area contributed by atoms with Crippen molar-refractivity contribution in [2.24, 2.45) is 5.92 Å². The molecule has 1 N–H and O–H groups in total. The molecule has 124 valence electrons. The minimum Gasteiger partial charge on any atom is -0.354 e. The van der Waals surface area contributed by atoms with Gasteiger partial charge in [0.25, 0.3) is 0 Å². The van der Waals surface area contributed by atoms with Gasteiger partial charge >= 0.3 is 0 Å². The van der Waals surface area contributed by atoms with Gasteiger partial charge in [0.15, 0.2) is 0 Å². The van der Waals surface area contributed by atoms with Gasteiger partial charge in [0.05, 0.1) is 6.42 Å². The second kappa shape index (κ2) is 5.91. The van der Waals surface area contributed by atoms with Crippen molar-refractivity contribution in [3.05, 3.63) is 35.4 Å². The van der Waals surface area contributed by atoms with Crippen LogP contribution in [0.2, 0.25) is 0 Å². The third kappa shape index (κ3) is 3.21. The van der Waals surface area contributed by atoms with Gasteiger partial charge in [-0.3, -0.25) is 9.59 Å². The molecule has 4 nitrogen and oxygen atoms in total. The van der Waals surface area contributed by atoms with Crippen LogP contribution in [0.3, 0.4) is 0 Å². The number of amides is 2. The number of benzene rings is 1. The second-order valence-electron chi connectivity index (χ2n) is 6.64. The van der Waals surface area contributed by atoms with Crippen LogP contribution >= 0.6 is 0 Å². The summed E-state index contributed by atoms with van der Waals surface area (Å²) < 4.78 is 26.9. The Labute approximate surface area is 133 Å². The van der Waals surface area contributed by atoms with Gasteiger partial charge in [-0.15, -0.1) is 0 Å². The average Bonchev–Trinajstić information content (AvgIpc) is 3.30. The van der Waals surface area contributed by atoms with Crippen LogP contribution in [0.5, 0.6) is 0 Å². The Bertz CT molecular complexity index is 645. The van der Waals surface area contributed by atoms with E-state index in [4.69, 9.17) is 0 Å². The quantitative estimate of drug-likeness (QED) is 0.902. The van der Waals surface area contributed by atoms with Gasteiger partial charge in [-0.05, 0) is 50.3 Å². The lowest BCUT2D eigenvalue weighted by Crippen LogP contribution is -2.67. The molecule has 23 heavy (non-hydrogen) atoms. The zero-order chi connectivity index (χ0) is 16.6. The molecule has 0 spiro atoms. The summed E-state index contributed by atoms with van der Waals surface area (Å²) in [6, 6.07) is 3.05. The smallest absolute Gasteiger partial charge is 0.245 e. The largest absolute Gasteiger partial charge is 0.354 e. The maximum Gasteiger partial charge on any atom is 0.245 e. The summed E-state index contributed by atoms with van der Waals surface area (Å²) in [4.78, 5) is 26.2. The third-order valence-corrected chi connectivity index (χ3v) is 4.81. The third-order valence-electron chi connectivity index (χ3n) is 4.81. The number of hydrogen-bond acceptors (Lipinski definition) is 2. The number of halogens is 2. The molecule has 1 unspecified atom stereocenters. The highest BCUT2D eigenvalue weighted by molar-refractivity contribution is 5.93. The van der Waals surface area contributed by atoms with Crippen LogP contribution in [-0.2, 0) is 16.0 Å². The zero-order valence-corrected chi connectivity index (χ0v) is 13.1. The van der Waals surface area contributed by atoms with E-state index < -0.39 is 17.2 Å². The predicted molar refractivity (Wildman–Crippen MR) is 80.5 cm³/mol. The minimum atomic E-state index is -0.879. The van der Waals surface area contributed by atoms with Crippen LogP contribution in [0.25, 0.3) is 0 Å². The molecule has 0 radical (unpaired) electrons. The van der Waals surface area contributed by atoms with Crippen LogP contribution in [0.4, 0.5) is 8.78 Å². The topological polar surface area (TPSA) is 49.4 Å². The maximum absolute atomic E-state index is 13.7. The van der Waals surface area contributed by atoms with Crippen molar-refractivity contribution in [1.82, 2.24) is 10.2 Å². The highest BCUT2D eigenvalue weighted by Crippen LogP contribution is 2.32. The first-order valence-corrected chi connectivity index (χ1v) is 7.93. The molecule has 1 atom stereocenters. The van der Waals surface area contributed by atoms with Gasteiger partial charge in [0.1, 0.15) is 17.2 Å². The lowest BCUT2D eigenvalue weighted by Gasteiger charge is -2.49. The highest BCUT2D eigenvalue weighted by atomic mass is 19.1. The Hall–Kier alpha value is -1.98. The lowest BCUT2D eigenvalue weighted by atomic mass is 9.84. The summed E-state index contributed by atoms with van der Waals surface area (Å²) in [6.07, 6.45) is 2.62. The van der Waals surface area contributed by atoms with Crippen molar-refractivity contribution in [3.63, 3.8) is 0 Å². The monoisotopic (exact) mass is 322 g/mol. The molecule has 2 fully saturated rings. The Morgan fingerprint density at radius 3 is 2.70 bits per heavy atom. The summed E-state index contributed by atoms with van der Waals surface area (Å²) in [5.74, 6) is -1.15. The summed E-state index contributed by atoms with van der Waals surface area (Å²) in [5.41, 5.74) is -0.863. The number of nitrogens with one attached hydrogen (secondary N) is 1. The lowest BCUT2D eigenvalue weighted by molar-refractivity contribution is -0.157. The first-order chi connectivity index (χ1) is 10.9. The predicted octanol–water partition coefficient (Wildman–Crippen LogP) is 2.02. The fourth-order valence-corrected chi connectivity index (χ4v) is 2.88. The van der Waals surface area contributed by atoms with E-state index in [0.29, 0.717) is 25.4 Å². The van der Waals surface area contributed by atoms with E-state index in [1.165, 1.54) is 4.90 Å². The minimum absolute atomic E-state index is 0.0163. The van der Waals surface area contributed by atoms with Crippen LogP contribution in [-0.4, -0.2) is 35.3 Å². The SMILES string of the molecule is CC1(C(=O)NCC2CC2)CCN1C(=O)Cc1cc(F)ccc1F. The molecule has 0 aromatic heterocycles. The first-order valence-electron chi connectivity index (χ1n) is 7.93. The maximum atomic E-state index is 13.7. The van der Waals surface area contributed by atoms with Gasteiger partial charge in [-0.2, -0.15) is 0 Å². The van der Waals surface area contributed by atoms with Crippen molar-refractivity contribution in [3.8, 4) is 0 Å². The second-order valence-corrected chi connectivity index (χ2v) is 6.64. The average molecular weight is 322 g/mol. The van der Waals surface area contributed by atoms with Gasteiger partial charge in [-0.1, -0.05) is 0 Å². The molecule has 1 aromatic rings. The molecular weight excluding hydrogens is 302 g/mol. The number of carbonyl (C=O) groups excluding carboxylic acids is 2. The van der Waals surface area contributed by atoms with E-state index in [1.807, 2.05) is 0 Å². The molecule has 2 aliphatic rings. The van der Waals surface area contributed by atoms with Gasteiger partial charge in [-0.25, -0.2) is 8.78 Å². The van der Waals surface area contributed by atoms with E-state index in [9.17, 15) is 18.4 Å². The molecule has 6 heteroatoms. The standard InChI is InChI=1S/C17H20F2N2O2/c1-17(16(23)20-10-11-2-3-11)6-7-21(17)15(22)9-12-8-13(18)4-5-14(12)19/h4-5,8,11H,2-3,6-7,9-10H2,1H3,(H,20,23). The van der Waals surface area contributed by atoms with Crippen LogP contribution in [0.15, 0.2) is 18.2 Å². The van der Waals surface area contributed by atoms with Crippen LogP contribution in [0, 0.1) is 17.6 Å².